The molecule has 0 saturated heterocycles. The molecular weight excluding hydrogens is 242 g/mol. The van der Waals surface area contributed by atoms with E-state index in [-0.39, 0.29) is 0 Å². The summed E-state index contributed by atoms with van der Waals surface area (Å²) in [5.41, 5.74) is 4.10. The molecule has 0 atom stereocenters. The van der Waals surface area contributed by atoms with Crippen molar-refractivity contribution in [3.63, 3.8) is 0 Å². The van der Waals surface area contributed by atoms with Gasteiger partial charge in [-0.3, -0.25) is 0 Å². The van der Waals surface area contributed by atoms with Crippen LogP contribution < -0.4 is 0 Å². The van der Waals surface area contributed by atoms with Crippen molar-refractivity contribution in [2.45, 2.75) is 13.8 Å². The number of rotatable bonds is 4. The smallest absolute Gasteiger partial charge is 0.0280 e. The molecule has 2 rings (SSSR count). The first-order valence-electron chi connectivity index (χ1n) is 7.97. The second-order valence-electron chi connectivity index (χ2n) is 4.56. The average Bonchev–Trinajstić information content (AvgIpc) is 2.55. The summed E-state index contributed by atoms with van der Waals surface area (Å²) in [5.74, 6) is 0. The van der Waals surface area contributed by atoms with Gasteiger partial charge >= 0.3 is 0 Å². The fourth-order valence-corrected chi connectivity index (χ4v) is 1.90. The van der Waals surface area contributed by atoms with E-state index in [1.165, 1.54) is 6.21 Å². The third-order valence-corrected chi connectivity index (χ3v) is 3.12. The van der Waals surface area contributed by atoms with Gasteiger partial charge in [-0.05, 0) is 36.0 Å². The highest BCUT2D eigenvalue weighted by atomic mass is 14.3. The molecular formula is C19H19N. The molecule has 20 heavy (non-hydrogen) atoms. The van der Waals surface area contributed by atoms with Crippen molar-refractivity contribution in [2.75, 3.05) is 0 Å². The van der Waals surface area contributed by atoms with Crippen LogP contribution in [-0.2, 0) is 0 Å². The molecule has 0 radical (unpaired) electrons. The van der Waals surface area contributed by atoms with Crippen LogP contribution in [0.3, 0.4) is 0 Å². The van der Waals surface area contributed by atoms with Crippen LogP contribution in [0.25, 0.3) is 11.1 Å². The van der Waals surface area contributed by atoms with Gasteiger partial charge < -0.3 is 5.41 Å². The second-order valence-corrected chi connectivity index (χ2v) is 4.56. The summed E-state index contributed by atoms with van der Waals surface area (Å²) >= 11 is 0. The maximum Gasteiger partial charge on any atom is 0.0280 e. The largest absolute Gasteiger partial charge is 0.308 e. The Labute approximate surface area is 125 Å². The van der Waals surface area contributed by atoms with E-state index in [1.807, 2.05) is 49.4 Å². The lowest BCUT2D eigenvalue weighted by Gasteiger charge is -2.03. The first kappa shape index (κ1) is 10.4. The van der Waals surface area contributed by atoms with Crippen LogP contribution >= 0.6 is 0 Å². The lowest BCUT2D eigenvalue weighted by atomic mass is 10.0. The van der Waals surface area contributed by atoms with Crippen LogP contribution in [0, 0.1) is 12.3 Å². The van der Waals surface area contributed by atoms with E-state index in [4.69, 9.17) is 9.52 Å². The van der Waals surface area contributed by atoms with E-state index in [9.17, 15) is 0 Å². The molecule has 0 aliphatic carbocycles. The number of aryl methyl sites for hydroxylation is 1. The van der Waals surface area contributed by atoms with Gasteiger partial charge in [0, 0.05) is 10.3 Å². The summed E-state index contributed by atoms with van der Waals surface area (Å²) in [5, 5.41) is 7.59. The Hall–Kier alpha value is -2.41. The summed E-state index contributed by atoms with van der Waals surface area (Å²) in [4.78, 5) is 0. The van der Waals surface area contributed by atoms with Gasteiger partial charge in [0.05, 0.1) is 0 Å². The highest BCUT2D eigenvalue weighted by molar-refractivity contribution is 6.09. The van der Waals surface area contributed by atoms with Crippen molar-refractivity contribution in [1.82, 2.24) is 0 Å². The van der Waals surface area contributed by atoms with E-state index in [2.05, 4.69) is 0 Å². The Morgan fingerprint density at radius 2 is 1.65 bits per heavy atom. The minimum absolute atomic E-state index is 0.307. The molecule has 1 heteroatoms. The molecule has 0 bridgehead atoms. The highest BCUT2D eigenvalue weighted by Crippen LogP contribution is 2.17. The maximum atomic E-state index is 7.59. The van der Waals surface area contributed by atoms with Crippen molar-refractivity contribution in [3.05, 3.63) is 83.4 Å². The number of hydrogen-bond donors (Lipinski definition) is 1. The topological polar surface area (TPSA) is 23.9 Å². The molecule has 2 aromatic carbocycles. The number of nitrogens with one attached hydrogen (secondary N) is 1. The van der Waals surface area contributed by atoms with Crippen molar-refractivity contribution in [1.29, 1.82) is 5.41 Å². The molecule has 0 fully saturated rings. The number of allylic oxidation sites excluding steroid dienone is 4. The van der Waals surface area contributed by atoms with Crippen LogP contribution in [0.5, 0.6) is 0 Å². The van der Waals surface area contributed by atoms with Crippen molar-refractivity contribution in [3.8, 4) is 0 Å². The standard InChI is InChI=1S/C19H19N/c1-15-8-11-18(12-9-15)19(14-20)13-10-16(2)17-6-4-3-5-7-17/h3-14,20H,1-2H3/b16-10+,19-13+,20-14?/i1D3. The SMILES string of the molecule is [2H]C([2H])([2H])c1ccc(/C(C=N)=C/C=C(\C)c2ccccc2)cc1. The predicted molar refractivity (Wildman–Crippen MR) is 88.0 cm³/mol. The predicted octanol–water partition coefficient (Wildman–Crippen LogP) is 5.13. The molecule has 2 aromatic rings. The minimum Gasteiger partial charge on any atom is -0.308 e. The van der Waals surface area contributed by atoms with Crippen LogP contribution in [0.4, 0.5) is 0 Å². The zero-order valence-corrected chi connectivity index (χ0v) is 11.4. The van der Waals surface area contributed by atoms with E-state index in [0.717, 1.165) is 22.3 Å². The lowest BCUT2D eigenvalue weighted by Crippen LogP contribution is -1.85. The summed E-state index contributed by atoms with van der Waals surface area (Å²) < 4.78 is 22.2. The van der Waals surface area contributed by atoms with Crippen LogP contribution in [0.2, 0.25) is 0 Å². The molecule has 0 aromatic heterocycles. The average molecular weight is 264 g/mol. The van der Waals surface area contributed by atoms with E-state index < -0.39 is 6.85 Å². The Morgan fingerprint density at radius 3 is 2.25 bits per heavy atom. The van der Waals surface area contributed by atoms with E-state index >= 15 is 0 Å². The zero-order valence-electron chi connectivity index (χ0n) is 14.4. The monoisotopic (exact) mass is 264 g/mol. The van der Waals surface area contributed by atoms with Gasteiger partial charge in [-0.15, -0.1) is 0 Å². The van der Waals surface area contributed by atoms with Crippen LogP contribution in [0.1, 0.15) is 27.7 Å². The fourth-order valence-electron chi connectivity index (χ4n) is 1.90. The number of hydrogen-bond acceptors (Lipinski definition) is 1. The van der Waals surface area contributed by atoms with Gasteiger partial charge in [-0.1, -0.05) is 72.3 Å². The van der Waals surface area contributed by atoms with Crippen LogP contribution in [-0.4, -0.2) is 6.21 Å². The Bertz CT molecular complexity index is 723. The van der Waals surface area contributed by atoms with Crippen LogP contribution in [0.15, 0.2) is 66.7 Å². The van der Waals surface area contributed by atoms with Crippen molar-refractivity contribution in [2.24, 2.45) is 0 Å². The minimum atomic E-state index is -2.10. The maximum absolute atomic E-state index is 7.59. The molecule has 0 aliphatic heterocycles. The summed E-state index contributed by atoms with van der Waals surface area (Å²) in [6.07, 6.45) is 5.12. The van der Waals surface area contributed by atoms with Gasteiger partial charge in [-0.25, -0.2) is 0 Å². The molecule has 0 heterocycles. The second kappa shape index (κ2) is 6.67. The third-order valence-electron chi connectivity index (χ3n) is 3.12. The van der Waals surface area contributed by atoms with E-state index in [0.29, 0.717) is 5.56 Å². The first-order valence-corrected chi connectivity index (χ1v) is 6.47. The molecule has 0 saturated carbocycles. The van der Waals surface area contributed by atoms with Gasteiger partial charge in [0.1, 0.15) is 0 Å². The van der Waals surface area contributed by atoms with E-state index in [1.54, 1.807) is 24.3 Å². The lowest BCUT2D eigenvalue weighted by molar-refractivity contribution is 1.45. The van der Waals surface area contributed by atoms with Gasteiger partial charge in [0.25, 0.3) is 0 Å². The molecule has 1 nitrogen and oxygen atoms in total. The summed E-state index contributed by atoms with van der Waals surface area (Å²) in [6, 6.07) is 16.7. The van der Waals surface area contributed by atoms with Gasteiger partial charge in [-0.2, -0.15) is 0 Å². The Morgan fingerprint density at radius 1 is 0.950 bits per heavy atom. The van der Waals surface area contributed by atoms with Crippen molar-refractivity contribution >= 4 is 17.4 Å². The third kappa shape index (κ3) is 3.55. The molecule has 1 N–H and O–H groups in total. The van der Waals surface area contributed by atoms with Crippen molar-refractivity contribution < 1.29 is 4.11 Å². The summed E-state index contributed by atoms with van der Waals surface area (Å²) in [6.45, 7) is -0.0813. The quantitative estimate of drug-likeness (QED) is 0.584. The fraction of sp³-hybridized carbons (Fsp3) is 0.105. The highest BCUT2D eigenvalue weighted by Gasteiger charge is 1.97. The Kier molecular flexibility index (Phi) is 3.46. The molecule has 0 amide bonds. The first-order chi connectivity index (χ1) is 10.9. The van der Waals surface area contributed by atoms with Gasteiger partial charge in [0.2, 0.25) is 0 Å². The normalized spacial score (nSPS) is 15.2. The zero-order chi connectivity index (χ0) is 16.9. The molecule has 0 aliphatic rings. The number of benzene rings is 2. The van der Waals surface area contributed by atoms with Gasteiger partial charge in [0.15, 0.2) is 0 Å². The molecule has 100 valence electrons. The summed E-state index contributed by atoms with van der Waals surface area (Å²) in [7, 11) is 0. The molecule has 0 unspecified atom stereocenters. The molecule has 0 spiro atoms. The Balaban J connectivity index is 2.27.